The van der Waals surface area contributed by atoms with Crippen LogP contribution in [0.3, 0.4) is 0 Å². The second-order valence-corrected chi connectivity index (χ2v) is 7.99. The molecule has 7 heteroatoms. The van der Waals surface area contributed by atoms with E-state index in [1.807, 2.05) is 60.0 Å². The van der Waals surface area contributed by atoms with Gasteiger partial charge in [0.25, 0.3) is 5.91 Å². The summed E-state index contributed by atoms with van der Waals surface area (Å²) in [4.78, 5) is 32.5. The molecule has 7 nitrogen and oxygen atoms in total. The van der Waals surface area contributed by atoms with Crippen molar-refractivity contribution in [3.05, 3.63) is 54.1 Å². The molecule has 2 aliphatic heterocycles. The molecule has 2 aliphatic rings. The first kappa shape index (κ1) is 18.8. The van der Waals surface area contributed by atoms with Gasteiger partial charge in [-0.15, -0.1) is 0 Å². The number of nitrogens with one attached hydrogen (secondary N) is 1. The molecule has 1 fully saturated rings. The number of aromatic nitrogens is 2. The number of para-hydroxylation sites is 2. The van der Waals surface area contributed by atoms with Crippen LogP contribution in [-0.2, 0) is 14.3 Å². The number of hydrogen-bond donors (Lipinski definition) is 1. The highest BCUT2D eigenvalue weighted by atomic mass is 16.5. The fraction of sp³-hybridized carbons (Fsp3) is 0.348. The quantitative estimate of drug-likeness (QED) is 0.707. The highest BCUT2D eigenvalue weighted by molar-refractivity contribution is 6.05. The minimum Gasteiger partial charge on any atom is -0.376 e. The van der Waals surface area contributed by atoms with E-state index in [1.54, 1.807) is 4.90 Å². The van der Waals surface area contributed by atoms with E-state index in [0.29, 0.717) is 12.5 Å². The first-order valence-electron chi connectivity index (χ1n) is 10.4. The second kappa shape index (κ2) is 7.57. The van der Waals surface area contributed by atoms with Gasteiger partial charge in [-0.1, -0.05) is 24.3 Å². The topological polar surface area (TPSA) is 76.5 Å². The lowest BCUT2D eigenvalue weighted by atomic mass is 10.1. The molecule has 0 bridgehead atoms. The zero-order valence-electron chi connectivity index (χ0n) is 16.9. The van der Waals surface area contributed by atoms with E-state index in [1.165, 1.54) is 0 Å². The molecular weight excluding hydrogens is 380 g/mol. The summed E-state index contributed by atoms with van der Waals surface area (Å²) in [5.41, 5.74) is 3.48. The molecule has 0 spiro atoms. The number of carbonyl (C=O) groups is 2. The molecule has 154 valence electrons. The van der Waals surface area contributed by atoms with Crippen molar-refractivity contribution in [1.82, 2.24) is 9.55 Å². The minimum atomic E-state index is -0.612. The van der Waals surface area contributed by atoms with E-state index in [0.717, 1.165) is 41.7 Å². The van der Waals surface area contributed by atoms with E-state index in [-0.39, 0.29) is 24.3 Å². The van der Waals surface area contributed by atoms with Gasteiger partial charge >= 0.3 is 0 Å². The summed E-state index contributed by atoms with van der Waals surface area (Å²) >= 11 is 0. The summed E-state index contributed by atoms with van der Waals surface area (Å²) in [6.45, 7) is 3.17. The number of benzene rings is 2. The molecule has 2 aromatic carbocycles. The van der Waals surface area contributed by atoms with Crippen LogP contribution in [0.25, 0.3) is 11.0 Å². The van der Waals surface area contributed by atoms with Crippen molar-refractivity contribution in [1.29, 1.82) is 0 Å². The SMILES string of the molecule is Cc1cccc(NC(=O)C[C@H]2C(=O)N(C[C@@H]3CCCO3)c3nc4ccccc4n32)c1. The lowest BCUT2D eigenvalue weighted by molar-refractivity contribution is -0.124. The standard InChI is InChI=1S/C23H24N4O3/c1-15-6-4-7-16(12-15)24-21(28)13-20-22(29)26(14-17-8-5-11-30-17)23-25-18-9-2-3-10-19(18)27(20)23/h2-4,6-7,9-10,12,17,20H,5,8,11,13-14H2,1H3,(H,24,28)/t17-,20-/m0/s1. The predicted molar refractivity (Wildman–Crippen MR) is 115 cm³/mol. The van der Waals surface area contributed by atoms with Crippen molar-refractivity contribution in [3.8, 4) is 0 Å². The molecule has 0 aliphatic carbocycles. The van der Waals surface area contributed by atoms with Crippen molar-refractivity contribution < 1.29 is 14.3 Å². The Balaban J connectivity index is 1.44. The van der Waals surface area contributed by atoms with Crippen LogP contribution in [0, 0.1) is 6.92 Å². The van der Waals surface area contributed by atoms with Crippen molar-refractivity contribution in [3.63, 3.8) is 0 Å². The second-order valence-electron chi connectivity index (χ2n) is 7.99. The van der Waals surface area contributed by atoms with Crippen LogP contribution in [0.4, 0.5) is 11.6 Å². The molecule has 0 radical (unpaired) electrons. The smallest absolute Gasteiger partial charge is 0.253 e. The number of imidazole rings is 1. The lowest BCUT2D eigenvalue weighted by Crippen LogP contribution is -2.37. The van der Waals surface area contributed by atoms with Gasteiger partial charge in [0, 0.05) is 12.3 Å². The summed E-state index contributed by atoms with van der Waals surface area (Å²) in [5.74, 6) is 0.310. The summed E-state index contributed by atoms with van der Waals surface area (Å²) in [6, 6.07) is 14.8. The van der Waals surface area contributed by atoms with E-state index in [9.17, 15) is 9.59 Å². The number of ether oxygens (including phenoxy) is 1. The Kier molecular flexibility index (Phi) is 4.75. The average Bonchev–Trinajstić information content (AvgIpc) is 3.42. The van der Waals surface area contributed by atoms with E-state index in [4.69, 9.17) is 9.72 Å². The van der Waals surface area contributed by atoms with Crippen LogP contribution in [0.5, 0.6) is 0 Å². The highest BCUT2D eigenvalue weighted by Crippen LogP contribution is 2.37. The molecule has 0 unspecified atom stereocenters. The van der Waals surface area contributed by atoms with Gasteiger partial charge < -0.3 is 10.1 Å². The largest absolute Gasteiger partial charge is 0.376 e. The number of aryl methyl sites for hydroxylation is 1. The van der Waals surface area contributed by atoms with Crippen molar-refractivity contribution in [2.75, 3.05) is 23.4 Å². The van der Waals surface area contributed by atoms with Crippen LogP contribution in [-0.4, -0.2) is 40.6 Å². The van der Waals surface area contributed by atoms with E-state index in [2.05, 4.69) is 5.32 Å². The van der Waals surface area contributed by atoms with E-state index >= 15 is 0 Å². The van der Waals surface area contributed by atoms with Gasteiger partial charge in [0.15, 0.2) is 0 Å². The average molecular weight is 404 g/mol. The van der Waals surface area contributed by atoms with Crippen LogP contribution in [0.1, 0.15) is 30.9 Å². The van der Waals surface area contributed by atoms with Gasteiger partial charge in [0.05, 0.1) is 30.1 Å². The first-order chi connectivity index (χ1) is 14.6. The van der Waals surface area contributed by atoms with Crippen molar-refractivity contribution >= 4 is 34.5 Å². The van der Waals surface area contributed by atoms with Gasteiger partial charge in [-0.05, 0) is 49.6 Å². The van der Waals surface area contributed by atoms with Crippen molar-refractivity contribution in [2.45, 2.75) is 38.3 Å². The normalized spacial score (nSPS) is 20.7. The molecule has 2 atom stereocenters. The highest BCUT2D eigenvalue weighted by Gasteiger charge is 2.42. The number of carbonyl (C=O) groups excluding carboxylic acids is 2. The third kappa shape index (κ3) is 3.35. The molecule has 1 N–H and O–H groups in total. The number of rotatable bonds is 5. The maximum Gasteiger partial charge on any atom is 0.253 e. The van der Waals surface area contributed by atoms with Gasteiger partial charge in [-0.25, -0.2) is 4.98 Å². The third-order valence-electron chi connectivity index (χ3n) is 5.77. The summed E-state index contributed by atoms with van der Waals surface area (Å²) < 4.78 is 7.65. The number of fused-ring (bicyclic) bond motifs is 3. The zero-order chi connectivity index (χ0) is 20.7. The molecular formula is C23H24N4O3. The van der Waals surface area contributed by atoms with Crippen molar-refractivity contribution in [2.24, 2.45) is 0 Å². The molecule has 5 rings (SSSR count). The molecule has 3 heterocycles. The zero-order valence-corrected chi connectivity index (χ0v) is 16.9. The number of hydrogen-bond acceptors (Lipinski definition) is 4. The molecule has 30 heavy (non-hydrogen) atoms. The van der Waals surface area contributed by atoms with Crippen LogP contribution in [0.15, 0.2) is 48.5 Å². The Morgan fingerprint density at radius 1 is 1.23 bits per heavy atom. The summed E-state index contributed by atoms with van der Waals surface area (Å²) in [5, 5.41) is 2.92. The predicted octanol–water partition coefficient (Wildman–Crippen LogP) is 3.44. The molecule has 0 saturated carbocycles. The Labute approximate surface area is 174 Å². The lowest BCUT2D eigenvalue weighted by Gasteiger charge is -2.19. The minimum absolute atomic E-state index is 0.0158. The number of anilines is 2. The third-order valence-corrected chi connectivity index (χ3v) is 5.77. The Morgan fingerprint density at radius 3 is 2.90 bits per heavy atom. The van der Waals surface area contributed by atoms with E-state index < -0.39 is 6.04 Å². The maximum absolute atomic E-state index is 13.3. The molecule has 1 saturated heterocycles. The number of nitrogens with zero attached hydrogens (tertiary/aromatic N) is 3. The van der Waals surface area contributed by atoms with Gasteiger partial charge in [0.2, 0.25) is 11.9 Å². The van der Waals surface area contributed by atoms with Gasteiger partial charge in [0.1, 0.15) is 6.04 Å². The molecule has 2 amide bonds. The summed E-state index contributed by atoms with van der Waals surface area (Å²) in [6.07, 6.45) is 2.01. The van der Waals surface area contributed by atoms with Gasteiger partial charge in [-0.2, -0.15) is 0 Å². The van der Waals surface area contributed by atoms with Crippen LogP contribution >= 0.6 is 0 Å². The first-order valence-corrected chi connectivity index (χ1v) is 10.4. The molecule has 3 aromatic rings. The Bertz CT molecular complexity index is 1120. The fourth-order valence-electron chi connectivity index (χ4n) is 4.37. The Hall–Kier alpha value is -3.19. The maximum atomic E-state index is 13.3. The molecule has 1 aromatic heterocycles. The van der Waals surface area contributed by atoms with Gasteiger partial charge in [-0.3, -0.25) is 19.1 Å². The van der Waals surface area contributed by atoms with Crippen LogP contribution < -0.4 is 10.2 Å². The number of amides is 2. The fourth-order valence-corrected chi connectivity index (χ4v) is 4.37. The Morgan fingerprint density at radius 2 is 2.10 bits per heavy atom. The monoisotopic (exact) mass is 404 g/mol. The van der Waals surface area contributed by atoms with Crippen LogP contribution in [0.2, 0.25) is 0 Å². The summed E-state index contributed by atoms with van der Waals surface area (Å²) in [7, 11) is 0.